The van der Waals surface area contributed by atoms with Gasteiger partial charge in [0.2, 0.25) is 5.91 Å². The molecule has 3 saturated heterocycles. The highest BCUT2D eigenvalue weighted by molar-refractivity contribution is 7.66. The van der Waals surface area contributed by atoms with Crippen LogP contribution in [0, 0.1) is 11.8 Å². The average molecular weight is 1660 g/mol. The summed E-state index contributed by atoms with van der Waals surface area (Å²) in [6.07, 6.45) is -4.74. The Balaban J connectivity index is 0.000000282. The van der Waals surface area contributed by atoms with Gasteiger partial charge in [0.1, 0.15) is 48.9 Å². The lowest BCUT2D eigenvalue weighted by atomic mass is 10.2. The molecule has 3 aliphatic rings. The van der Waals surface area contributed by atoms with Crippen molar-refractivity contribution >= 4 is 93.3 Å². The number of aryl methyl sites for hydroxylation is 1. The van der Waals surface area contributed by atoms with Crippen molar-refractivity contribution in [1.82, 2.24) is 43.9 Å². The number of phosphoric acid groups is 9. The topological polar surface area (TPSA) is 797 Å². The molecule has 7 heterocycles. The van der Waals surface area contributed by atoms with Gasteiger partial charge in [-0.25, -0.2) is 50.4 Å². The number of aliphatic hydroxyl groups excluding tert-OH is 3. The van der Waals surface area contributed by atoms with Crippen LogP contribution in [0.2, 0.25) is 0 Å². The molecule has 4 aromatic heterocycles. The van der Waals surface area contributed by atoms with E-state index in [4.69, 9.17) is 33.6 Å². The van der Waals surface area contributed by atoms with E-state index in [1.54, 1.807) is 6.92 Å². The molecule has 0 aromatic carbocycles. The molecule has 7 rings (SSSR count). The van der Waals surface area contributed by atoms with E-state index in [0.29, 0.717) is 30.1 Å². The molecule has 18 atom stereocenters. The van der Waals surface area contributed by atoms with E-state index in [1.807, 2.05) is 18.8 Å². The number of carbonyl (C=O) groups excluding carboxylic acids is 1. The second-order valence-electron chi connectivity index (χ2n) is 20.5. The van der Waals surface area contributed by atoms with Gasteiger partial charge in [0.25, 0.3) is 81.5 Å². The Morgan fingerprint density at radius 3 is 1.44 bits per heavy atom. The Hall–Kier alpha value is -4.31. The Bertz CT molecular complexity index is 4370. The van der Waals surface area contributed by atoms with Crippen molar-refractivity contribution in [2.45, 2.75) is 121 Å². The van der Waals surface area contributed by atoms with Crippen LogP contribution in [0.5, 0.6) is 0 Å². The number of hydrogen-bond donors (Lipinski definition) is 10. The summed E-state index contributed by atoms with van der Waals surface area (Å²) in [5.74, 6) is 5.19. The number of ether oxygens (including phenoxy) is 4. The van der Waals surface area contributed by atoms with Crippen molar-refractivity contribution in [2.75, 3.05) is 51.4 Å². The maximum Gasteiger partial charge on any atom is 0.330 e. The summed E-state index contributed by atoms with van der Waals surface area (Å²) in [5.41, 5.74) is -2.41. The number of carbonyl (C=O) groups is 1. The van der Waals surface area contributed by atoms with Crippen LogP contribution in [0.3, 0.4) is 0 Å². The fraction of sp³-hybridized carbons (Fsp3) is 0.619. The summed E-state index contributed by atoms with van der Waals surface area (Å²) in [5, 5.41) is 35.9. The van der Waals surface area contributed by atoms with Gasteiger partial charge in [-0.3, -0.25) is 79.1 Å². The van der Waals surface area contributed by atoms with Crippen LogP contribution >= 0.6 is 70.4 Å². The van der Waals surface area contributed by atoms with Crippen LogP contribution in [-0.4, -0.2) is 157 Å². The first-order chi connectivity index (χ1) is 47.4. The van der Waals surface area contributed by atoms with Crippen LogP contribution in [0.4, 0.5) is 5.82 Å². The number of aromatic nitrogens is 8. The van der Waals surface area contributed by atoms with Gasteiger partial charge in [-0.2, -0.15) is 0 Å². The number of fused-ring (bicyclic) bond motifs is 1. The third-order valence-electron chi connectivity index (χ3n) is 12.7. The average Bonchev–Trinajstić information content (AvgIpc) is 1.65. The fourth-order valence-electron chi connectivity index (χ4n) is 8.49. The number of phosphoric ester groups is 3. The molecule has 1 amide bonds. The molecule has 3 aliphatic heterocycles. The molecule has 61 heteroatoms. The standard InChI is InChI=1S/C19H30N3O16P3.C12H20N5O12P3.C11H19N2O14P3/c1-2-3-8-34-9-6-16(24)20-7-4-5-13-11-22(19(26)21-18(13)25)17-10-14(23)15(36-17)12-35-40(30,31)38-41(32,33)37-39(27,28)29;1-2-13-11-10-12(15-5-14-11)17(6-16-10)9-3-7(18)8(27-9)4-26-31(22,23)29-32(24,25)28-30(19,20)21;1-2-6-4-13(11(16)12-10(6)15)9-3-7(14)8(25-9)5-24-29(20,21)27-30(22,23)26-28(17,18)19/h11,14-15,17,23H,2-3,6-10,12H2,1H3,(H,20,24)(H,30,31)(H,32,33)(H,21,25,26)(H2,27,28,29);5-9,18H,2-4H2,1H3,(H,22,23)(H,24,25)(H,13,14,15)(H2,19,20,21);4,7-9,14H,2-3,5H2,1H3,(H,20,21)(H,22,23)(H,12,15,16)(H2,17,18,19)/p-9/t;;7?,8-,9-/m..1/s1. The quantitative estimate of drug-likeness (QED) is 0.0118. The molecule has 103 heavy (non-hydrogen) atoms. The van der Waals surface area contributed by atoms with E-state index in [1.165, 1.54) is 23.4 Å². The lowest BCUT2D eigenvalue weighted by Crippen LogP contribution is -2.34. The molecule has 16 unspecified atom stereocenters. The summed E-state index contributed by atoms with van der Waals surface area (Å²) in [4.78, 5) is 201. The summed E-state index contributed by atoms with van der Waals surface area (Å²) in [6, 6.07) is 0. The zero-order valence-corrected chi connectivity index (χ0v) is 60.5. The highest BCUT2D eigenvalue weighted by Gasteiger charge is 2.41. The minimum atomic E-state index is -6.12. The largest absolute Gasteiger partial charge is 0.756 e. The number of H-pyrrole nitrogens is 2. The van der Waals surface area contributed by atoms with E-state index in [0.717, 1.165) is 28.2 Å². The third-order valence-corrected chi connectivity index (χ3v) is 23.8. The highest BCUT2D eigenvalue weighted by atomic mass is 31.3. The van der Waals surface area contributed by atoms with Crippen LogP contribution in [0.15, 0.2) is 44.2 Å². The number of imidazole rings is 1. The summed E-state index contributed by atoms with van der Waals surface area (Å²) in [7, 11) is -53.0. The fourth-order valence-corrected chi connectivity index (χ4v) is 17.2. The highest BCUT2D eigenvalue weighted by Crippen LogP contribution is 2.64. The molecule has 4 aromatic rings. The molecule has 584 valence electrons. The minimum absolute atomic E-state index is 0.0168. The number of rotatable bonds is 34. The van der Waals surface area contributed by atoms with Crippen molar-refractivity contribution < 1.29 is 178 Å². The van der Waals surface area contributed by atoms with Crippen LogP contribution in [-0.2, 0) is 111 Å². The van der Waals surface area contributed by atoms with Crippen molar-refractivity contribution in [1.29, 1.82) is 0 Å². The predicted molar refractivity (Wildman–Crippen MR) is 315 cm³/mol. The number of hydrogen-bond acceptors (Lipinski definition) is 43. The Kier molecular flexibility index (Phi) is 32.7. The summed E-state index contributed by atoms with van der Waals surface area (Å²) >= 11 is 0. The van der Waals surface area contributed by atoms with Gasteiger partial charge in [-0.15, -0.1) is 0 Å². The van der Waals surface area contributed by atoms with Crippen molar-refractivity contribution in [3.05, 3.63) is 77.9 Å². The first kappa shape index (κ1) is 89.3. The van der Waals surface area contributed by atoms with E-state index in [9.17, 15) is 124 Å². The third kappa shape index (κ3) is 30.3. The molecule has 52 nitrogen and oxygen atoms in total. The number of anilines is 1. The Morgan fingerprint density at radius 2 is 1.02 bits per heavy atom. The number of amides is 1. The summed E-state index contributed by atoms with van der Waals surface area (Å²) in [6.45, 7) is 3.87. The molecule has 10 N–H and O–H groups in total. The second kappa shape index (κ2) is 37.7. The number of aliphatic hydroxyl groups is 3. The Labute approximate surface area is 575 Å². The maximum atomic E-state index is 12.3. The number of nitrogens with zero attached hydrogens (tertiary/aromatic N) is 6. The van der Waals surface area contributed by atoms with Gasteiger partial charge >= 0.3 is 11.4 Å². The van der Waals surface area contributed by atoms with Gasteiger partial charge in [-0.05, 0) is 19.8 Å². The van der Waals surface area contributed by atoms with Gasteiger partial charge in [0.05, 0.1) is 57.6 Å². The van der Waals surface area contributed by atoms with Gasteiger partial charge in [0, 0.05) is 56.8 Å². The molecule has 3 fully saturated rings. The van der Waals surface area contributed by atoms with E-state index < -0.39 is 168 Å². The maximum absolute atomic E-state index is 12.3. The SMILES string of the molecule is CCCCOCCC(=O)NCC#Cc1cn(C2CC(O)C(COP(=O)([O-])OP(=O)([O-])OP(=O)([O-])O)O2)c(=O)[nH]c1=O.CCNc1ncnc2c1ncn2C1CC(O)C(COP(=O)([O-])OP(=O)([O-])OP(=O)([O-])O)O1.CCc1cn([C@H]2CC(O)[C@@H](COP(=O)([O-])OP(=O)([O-])OP(=O)([O-])O)O2)c(=O)[nH]c1=O. The number of nitrogens with one attached hydrogen (secondary N) is 4. The number of aromatic amines is 2. The van der Waals surface area contributed by atoms with Gasteiger partial charge < -0.3 is 117 Å². The lowest BCUT2D eigenvalue weighted by Gasteiger charge is -2.33. The van der Waals surface area contributed by atoms with Crippen molar-refractivity contribution in [3.8, 4) is 11.8 Å². The molecule has 0 spiro atoms. The zero-order valence-electron chi connectivity index (χ0n) is 52.5. The molecular formula is C42H60N10O42P9-9. The minimum Gasteiger partial charge on any atom is -0.756 e. The van der Waals surface area contributed by atoms with E-state index >= 15 is 0 Å². The van der Waals surface area contributed by atoms with Crippen LogP contribution < -0.4 is 77.2 Å². The van der Waals surface area contributed by atoms with Crippen molar-refractivity contribution in [3.63, 3.8) is 0 Å². The molecule has 0 saturated carbocycles. The zero-order chi connectivity index (χ0) is 77.5. The van der Waals surface area contributed by atoms with E-state index in [-0.39, 0.29) is 62.3 Å². The van der Waals surface area contributed by atoms with Gasteiger partial charge in [0.15, 0.2) is 17.0 Å². The predicted octanol–water partition coefficient (Wildman–Crippen LogP) is -7.14. The van der Waals surface area contributed by atoms with E-state index in [2.05, 4.69) is 81.8 Å². The van der Waals surface area contributed by atoms with Crippen molar-refractivity contribution in [2.24, 2.45) is 0 Å². The second-order valence-corrected chi connectivity index (χ2v) is 33.4. The molecule has 0 aliphatic carbocycles. The smallest absolute Gasteiger partial charge is 0.330 e. The molecule has 0 radical (unpaired) electrons. The van der Waals surface area contributed by atoms with Gasteiger partial charge in [-0.1, -0.05) is 32.1 Å². The first-order valence-corrected chi connectivity index (χ1v) is 41.8. The Morgan fingerprint density at radius 1 is 0.592 bits per heavy atom. The monoisotopic (exact) mass is 1660 g/mol. The lowest BCUT2D eigenvalue weighted by molar-refractivity contribution is -0.254. The molecular weight excluding hydrogens is 1600 g/mol. The number of unbranched alkanes of at least 4 members (excludes halogenated alkanes) is 1. The normalized spacial score (nSPS) is 25.7. The van der Waals surface area contributed by atoms with Crippen LogP contribution in [0.25, 0.3) is 11.2 Å². The molecule has 0 bridgehead atoms. The summed E-state index contributed by atoms with van der Waals surface area (Å²) < 4.78 is 157. The first-order valence-electron chi connectivity index (χ1n) is 28.6. The van der Waals surface area contributed by atoms with Crippen LogP contribution in [0.1, 0.15) is 89.1 Å².